The molecule has 1 fully saturated rings. The Balaban J connectivity index is 1.92. The number of methoxy groups -OCH3 is 2. The summed E-state index contributed by atoms with van der Waals surface area (Å²) in [6.45, 7) is 7.72. The van der Waals surface area contributed by atoms with Crippen molar-refractivity contribution in [3.63, 3.8) is 0 Å². The van der Waals surface area contributed by atoms with Crippen LogP contribution in [0.3, 0.4) is 0 Å². The third-order valence-electron chi connectivity index (χ3n) is 3.80. The van der Waals surface area contributed by atoms with Crippen LogP contribution in [0, 0.1) is 0 Å². The third-order valence-corrected chi connectivity index (χ3v) is 3.80. The number of nitrogens with zero attached hydrogens (tertiary/aromatic N) is 1. The van der Waals surface area contributed by atoms with E-state index in [0.717, 1.165) is 31.9 Å². The Morgan fingerprint density at radius 3 is 2.50 bits per heavy atom. The van der Waals surface area contributed by atoms with Gasteiger partial charge in [0.2, 0.25) is 0 Å². The fraction of sp³-hybridized carbons (Fsp3) is 0.733. The van der Waals surface area contributed by atoms with E-state index < -0.39 is 0 Å². The lowest BCUT2D eigenvalue weighted by molar-refractivity contribution is -0.00461. The molecule has 0 spiro atoms. The second kappa shape index (κ2) is 7.22. The van der Waals surface area contributed by atoms with Gasteiger partial charge >= 0.3 is 0 Å². The van der Waals surface area contributed by atoms with Gasteiger partial charge in [-0.05, 0) is 6.07 Å². The highest BCUT2D eigenvalue weighted by Gasteiger charge is 2.33. The van der Waals surface area contributed by atoms with Crippen LogP contribution in [0.25, 0.3) is 0 Å². The lowest BCUT2D eigenvalue weighted by atomic mass is 10.2. The molecule has 5 heteroatoms. The highest BCUT2D eigenvalue weighted by Crippen LogP contribution is 2.20. The molecular weight excluding hydrogens is 256 g/mol. The summed E-state index contributed by atoms with van der Waals surface area (Å²) in [5.41, 5.74) is 1.24. The molecule has 1 saturated heterocycles. The van der Waals surface area contributed by atoms with Crippen molar-refractivity contribution in [1.82, 2.24) is 10.2 Å². The molecule has 0 amide bonds. The Hall–Kier alpha value is -0.880. The topological polar surface area (TPSA) is 46.9 Å². The van der Waals surface area contributed by atoms with Crippen LogP contribution in [0.4, 0.5) is 0 Å². The van der Waals surface area contributed by atoms with E-state index in [-0.39, 0.29) is 12.2 Å². The summed E-state index contributed by atoms with van der Waals surface area (Å²) >= 11 is 0. The van der Waals surface area contributed by atoms with Gasteiger partial charge in [-0.2, -0.15) is 0 Å². The zero-order valence-electron chi connectivity index (χ0n) is 12.9. The predicted octanol–water partition coefficient (Wildman–Crippen LogP) is 1.62. The quantitative estimate of drug-likeness (QED) is 0.823. The molecule has 1 aromatic rings. The molecule has 0 bridgehead atoms. The van der Waals surface area contributed by atoms with Gasteiger partial charge in [-0.15, -0.1) is 0 Å². The van der Waals surface area contributed by atoms with Crippen LogP contribution in [0.1, 0.15) is 25.2 Å². The number of hydrogen-bond acceptors (Lipinski definition) is 5. The average Bonchev–Trinajstić information content (AvgIpc) is 3.03. The maximum atomic E-state index is 5.58. The fourth-order valence-electron chi connectivity index (χ4n) is 2.60. The van der Waals surface area contributed by atoms with Gasteiger partial charge in [-0.3, -0.25) is 4.90 Å². The molecule has 1 aliphatic heterocycles. The van der Waals surface area contributed by atoms with E-state index >= 15 is 0 Å². The van der Waals surface area contributed by atoms with Crippen molar-refractivity contribution in [2.45, 2.75) is 45.2 Å². The van der Waals surface area contributed by atoms with E-state index in [4.69, 9.17) is 13.9 Å². The molecule has 0 aromatic carbocycles. The van der Waals surface area contributed by atoms with Crippen molar-refractivity contribution < 1.29 is 13.9 Å². The number of furan rings is 1. The summed E-state index contributed by atoms with van der Waals surface area (Å²) in [4.78, 5) is 2.35. The van der Waals surface area contributed by atoms with E-state index in [1.165, 1.54) is 5.56 Å². The van der Waals surface area contributed by atoms with E-state index in [2.05, 4.69) is 30.1 Å². The van der Waals surface area contributed by atoms with Crippen LogP contribution in [0.2, 0.25) is 0 Å². The van der Waals surface area contributed by atoms with Crippen LogP contribution < -0.4 is 5.32 Å². The van der Waals surface area contributed by atoms with Crippen LogP contribution in [-0.4, -0.2) is 50.5 Å². The van der Waals surface area contributed by atoms with Gasteiger partial charge in [-0.25, -0.2) is 0 Å². The van der Waals surface area contributed by atoms with E-state index in [1.54, 1.807) is 20.5 Å². The van der Waals surface area contributed by atoms with Crippen molar-refractivity contribution in [3.8, 4) is 0 Å². The van der Waals surface area contributed by atoms with Crippen LogP contribution in [0.15, 0.2) is 16.7 Å². The molecule has 2 atom stereocenters. The molecule has 114 valence electrons. The molecule has 2 unspecified atom stereocenters. The first-order valence-electron chi connectivity index (χ1n) is 7.20. The first-order valence-corrected chi connectivity index (χ1v) is 7.20. The van der Waals surface area contributed by atoms with Gasteiger partial charge in [0.15, 0.2) is 0 Å². The molecule has 5 nitrogen and oxygen atoms in total. The van der Waals surface area contributed by atoms with Crippen molar-refractivity contribution in [2.24, 2.45) is 0 Å². The molecule has 1 N–H and O–H groups in total. The lowest BCUT2D eigenvalue weighted by Crippen LogP contribution is -2.27. The normalized spacial score (nSPS) is 23.9. The second-order valence-electron chi connectivity index (χ2n) is 5.65. The Bertz CT molecular complexity index is 394. The molecule has 20 heavy (non-hydrogen) atoms. The standard InChI is InChI=1S/C15H26N2O3/c1-11(2)16-7-13-12(5-6-20-13)8-17-9-14(18-3)15(10-17)19-4/h5-6,11,14-16H,7-10H2,1-4H3. The average molecular weight is 282 g/mol. The van der Waals surface area contributed by atoms with E-state index in [9.17, 15) is 0 Å². The van der Waals surface area contributed by atoms with E-state index in [1.807, 2.05) is 0 Å². The summed E-state index contributed by atoms with van der Waals surface area (Å²) in [7, 11) is 3.49. The Morgan fingerprint density at radius 1 is 1.30 bits per heavy atom. The molecule has 2 heterocycles. The number of ether oxygens (including phenoxy) is 2. The van der Waals surface area contributed by atoms with Gasteiger partial charge in [0.05, 0.1) is 25.0 Å². The Kier molecular flexibility index (Phi) is 5.60. The van der Waals surface area contributed by atoms with Crippen molar-refractivity contribution in [3.05, 3.63) is 23.7 Å². The minimum atomic E-state index is 0.157. The zero-order chi connectivity index (χ0) is 14.5. The maximum Gasteiger partial charge on any atom is 0.122 e. The first kappa shape index (κ1) is 15.5. The molecule has 0 saturated carbocycles. The van der Waals surface area contributed by atoms with Gasteiger partial charge in [-0.1, -0.05) is 13.8 Å². The molecular formula is C15H26N2O3. The fourth-order valence-corrected chi connectivity index (χ4v) is 2.60. The van der Waals surface area contributed by atoms with E-state index in [0.29, 0.717) is 6.04 Å². The highest BCUT2D eigenvalue weighted by atomic mass is 16.5. The molecule has 0 aliphatic carbocycles. The summed E-state index contributed by atoms with van der Waals surface area (Å²) in [6, 6.07) is 2.51. The predicted molar refractivity (Wildman–Crippen MR) is 77.6 cm³/mol. The smallest absolute Gasteiger partial charge is 0.122 e. The van der Waals surface area contributed by atoms with Crippen LogP contribution in [0.5, 0.6) is 0 Å². The van der Waals surface area contributed by atoms with Gasteiger partial charge < -0.3 is 19.2 Å². The van der Waals surface area contributed by atoms with Gasteiger partial charge in [0.1, 0.15) is 5.76 Å². The van der Waals surface area contributed by atoms with Gasteiger partial charge in [0, 0.05) is 45.5 Å². The number of nitrogens with one attached hydrogen (secondary N) is 1. The largest absolute Gasteiger partial charge is 0.468 e. The molecule has 1 aliphatic rings. The molecule has 1 aromatic heterocycles. The first-order chi connectivity index (χ1) is 9.63. The molecule has 2 rings (SSSR count). The SMILES string of the molecule is COC1CN(Cc2ccoc2CNC(C)C)CC1OC. The Labute approximate surface area is 121 Å². The van der Waals surface area contributed by atoms with Crippen molar-refractivity contribution >= 4 is 0 Å². The number of hydrogen-bond donors (Lipinski definition) is 1. The van der Waals surface area contributed by atoms with Gasteiger partial charge in [0.25, 0.3) is 0 Å². The maximum absolute atomic E-state index is 5.58. The summed E-state index contributed by atoms with van der Waals surface area (Å²) < 4.78 is 16.5. The summed E-state index contributed by atoms with van der Waals surface area (Å²) in [5.74, 6) is 1.02. The zero-order valence-corrected chi connectivity index (χ0v) is 12.9. The summed E-state index contributed by atoms with van der Waals surface area (Å²) in [5, 5.41) is 3.39. The lowest BCUT2D eigenvalue weighted by Gasteiger charge is -2.15. The monoisotopic (exact) mass is 282 g/mol. The highest BCUT2D eigenvalue weighted by molar-refractivity contribution is 5.17. The third kappa shape index (κ3) is 3.82. The number of likely N-dealkylation sites (tertiary alicyclic amines) is 1. The molecule has 0 radical (unpaired) electrons. The van der Waals surface area contributed by atoms with Crippen LogP contribution >= 0.6 is 0 Å². The second-order valence-corrected chi connectivity index (χ2v) is 5.65. The van der Waals surface area contributed by atoms with Crippen molar-refractivity contribution in [1.29, 1.82) is 0 Å². The van der Waals surface area contributed by atoms with Crippen LogP contribution in [-0.2, 0) is 22.6 Å². The number of rotatable bonds is 7. The minimum absolute atomic E-state index is 0.157. The van der Waals surface area contributed by atoms with Crippen molar-refractivity contribution in [2.75, 3.05) is 27.3 Å². The Morgan fingerprint density at radius 2 is 1.95 bits per heavy atom. The minimum Gasteiger partial charge on any atom is -0.468 e. The summed E-state index contributed by atoms with van der Waals surface area (Å²) in [6.07, 6.45) is 2.08.